The van der Waals surface area contributed by atoms with Crippen molar-refractivity contribution in [3.05, 3.63) is 47.5 Å². The number of fused-ring (bicyclic) bond motifs is 3. The molecule has 0 amide bonds. The number of ketones is 1. The summed E-state index contributed by atoms with van der Waals surface area (Å²) < 4.78 is 15.6. The molecule has 0 atom stereocenters. The average molecular weight is 424 g/mol. The normalized spacial score (nSPS) is 12.0. The van der Waals surface area contributed by atoms with Crippen molar-refractivity contribution in [3.8, 4) is 28.6 Å². The number of hydrogen-bond acceptors (Lipinski definition) is 4. The van der Waals surface area contributed by atoms with E-state index >= 15 is 0 Å². The highest BCUT2D eigenvalue weighted by Gasteiger charge is 2.28. The fraction of sp³-hybridized carbons (Fsp3) is 0.440. The molecule has 31 heavy (non-hydrogen) atoms. The molecule has 1 aromatic carbocycles. The van der Waals surface area contributed by atoms with Crippen LogP contribution in [0.5, 0.6) is 11.5 Å². The van der Waals surface area contributed by atoms with E-state index in [0.717, 1.165) is 46.9 Å². The standard InChI is InChI=1S/C22H25N3O3.C3H8/c1-13(2)28-20-11-18-15(10-19(20)27-5)6-7-17-21(14(3)26)23-22(25(17)18)16-8-9-24(4)12-16;1-3-2/h8-13H,6-7H2,1-5H3;3H2,1-2H3. The lowest BCUT2D eigenvalue weighted by Crippen LogP contribution is -2.16. The molecule has 166 valence electrons. The quantitative estimate of drug-likeness (QED) is 0.516. The Kier molecular flexibility index (Phi) is 6.88. The monoisotopic (exact) mass is 423 g/mol. The number of methoxy groups -OCH3 is 1. The van der Waals surface area contributed by atoms with Crippen LogP contribution >= 0.6 is 0 Å². The molecular formula is C25H33N3O3. The van der Waals surface area contributed by atoms with E-state index in [-0.39, 0.29) is 11.9 Å². The van der Waals surface area contributed by atoms with Crippen molar-refractivity contribution in [2.75, 3.05) is 7.11 Å². The van der Waals surface area contributed by atoms with Crippen LogP contribution in [0, 0.1) is 0 Å². The van der Waals surface area contributed by atoms with E-state index < -0.39 is 0 Å². The Morgan fingerprint density at radius 1 is 1.19 bits per heavy atom. The molecular weight excluding hydrogens is 390 g/mol. The van der Waals surface area contributed by atoms with Crippen LogP contribution in [0.3, 0.4) is 0 Å². The molecule has 4 rings (SSSR count). The first-order chi connectivity index (χ1) is 14.8. The topological polar surface area (TPSA) is 58.3 Å². The van der Waals surface area contributed by atoms with Gasteiger partial charge in [0.25, 0.3) is 0 Å². The van der Waals surface area contributed by atoms with Gasteiger partial charge in [0.2, 0.25) is 0 Å². The minimum Gasteiger partial charge on any atom is -0.493 e. The number of imidazole rings is 1. The van der Waals surface area contributed by atoms with Gasteiger partial charge in [-0.2, -0.15) is 0 Å². The van der Waals surface area contributed by atoms with Gasteiger partial charge in [0.15, 0.2) is 17.3 Å². The maximum Gasteiger partial charge on any atom is 0.180 e. The number of rotatable bonds is 5. The van der Waals surface area contributed by atoms with Crippen LogP contribution in [0.25, 0.3) is 17.1 Å². The summed E-state index contributed by atoms with van der Waals surface area (Å²) in [6.07, 6.45) is 6.86. The van der Waals surface area contributed by atoms with Gasteiger partial charge < -0.3 is 14.0 Å². The van der Waals surface area contributed by atoms with Gasteiger partial charge in [-0.3, -0.25) is 9.36 Å². The first-order valence-corrected chi connectivity index (χ1v) is 10.9. The SMILES string of the molecule is CCC.COc1cc2c(cc1OC(C)C)-n1c(-c3ccn(C)c3)nc(C(C)=O)c1CC2. The number of aryl methyl sites for hydroxylation is 2. The molecule has 0 unspecified atom stereocenters. The number of benzene rings is 1. The summed E-state index contributed by atoms with van der Waals surface area (Å²) >= 11 is 0. The Balaban J connectivity index is 0.000000858. The first kappa shape index (κ1) is 22.7. The Morgan fingerprint density at radius 2 is 1.90 bits per heavy atom. The molecule has 0 saturated carbocycles. The number of Topliss-reactive ketones (excluding diaryl/α,β-unsaturated/α-hetero) is 1. The highest BCUT2D eigenvalue weighted by molar-refractivity contribution is 5.94. The molecule has 0 fully saturated rings. The molecule has 0 spiro atoms. The van der Waals surface area contributed by atoms with Gasteiger partial charge in [-0.05, 0) is 44.4 Å². The van der Waals surface area contributed by atoms with Gasteiger partial charge in [0.05, 0.1) is 24.6 Å². The van der Waals surface area contributed by atoms with Crippen LogP contribution in [-0.4, -0.2) is 33.1 Å². The van der Waals surface area contributed by atoms with Gasteiger partial charge in [-0.25, -0.2) is 4.98 Å². The van der Waals surface area contributed by atoms with Crippen molar-refractivity contribution in [1.82, 2.24) is 14.1 Å². The smallest absolute Gasteiger partial charge is 0.180 e. The van der Waals surface area contributed by atoms with Crippen molar-refractivity contribution in [1.29, 1.82) is 0 Å². The number of ether oxygens (including phenoxy) is 2. The van der Waals surface area contributed by atoms with E-state index in [2.05, 4.69) is 18.4 Å². The largest absolute Gasteiger partial charge is 0.493 e. The minimum absolute atomic E-state index is 0.0125. The Labute approximate surface area is 184 Å². The Bertz CT molecular complexity index is 1080. The summed E-state index contributed by atoms with van der Waals surface area (Å²) in [5.74, 6) is 2.19. The predicted molar refractivity (Wildman–Crippen MR) is 124 cm³/mol. The van der Waals surface area contributed by atoms with E-state index in [1.165, 1.54) is 6.42 Å². The van der Waals surface area contributed by atoms with Crippen LogP contribution < -0.4 is 9.47 Å². The predicted octanol–water partition coefficient (Wildman–Crippen LogP) is 5.39. The molecule has 3 aromatic rings. The Morgan fingerprint density at radius 3 is 2.45 bits per heavy atom. The summed E-state index contributed by atoms with van der Waals surface area (Å²) in [5.41, 5.74) is 4.64. The summed E-state index contributed by atoms with van der Waals surface area (Å²) in [6, 6.07) is 6.07. The number of aromatic nitrogens is 3. The van der Waals surface area contributed by atoms with Crippen molar-refractivity contribution in [3.63, 3.8) is 0 Å². The Hall–Kier alpha value is -3.02. The van der Waals surface area contributed by atoms with Gasteiger partial charge in [-0.1, -0.05) is 20.3 Å². The molecule has 0 radical (unpaired) electrons. The van der Waals surface area contributed by atoms with Crippen LogP contribution in [0.4, 0.5) is 0 Å². The fourth-order valence-electron chi connectivity index (χ4n) is 3.81. The molecule has 0 saturated heterocycles. The molecule has 1 aliphatic rings. The number of nitrogens with zero attached hydrogens (tertiary/aromatic N) is 3. The van der Waals surface area contributed by atoms with Crippen LogP contribution in [0.15, 0.2) is 30.6 Å². The van der Waals surface area contributed by atoms with E-state index in [1.54, 1.807) is 14.0 Å². The number of carbonyl (C=O) groups excluding carboxylic acids is 1. The lowest BCUT2D eigenvalue weighted by Gasteiger charge is -2.24. The summed E-state index contributed by atoms with van der Waals surface area (Å²) in [6.45, 7) is 9.81. The van der Waals surface area contributed by atoms with Crippen molar-refractivity contribution in [2.24, 2.45) is 7.05 Å². The van der Waals surface area contributed by atoms with E-state index in [4.69, 9.17) is 14.5 Å². The second-order valence-corrected chi connectivity index (χ2v) is 8.19. The van der Waals surface area contributed by atoms with Crippen LogP contribution in [0.2, 0.25) is 0 Å². The second-order valence-electron chi connectivity index (χ2n) is 8.19. The number of carbonyl (C=O) groups is 1. The zero-order valence-electron chi connectivity index (χ0n) is 19.7. The number of hydrogen-bond donors (Lipinski definition) is 0. The molecule has 0 aliphatic carbocycles. The molecule has 0 N–H and O–H groups in total. The van der Waals surface area contributed by atoms with E-state index in [1.807, 2.05) is 56.1 Å². The second kappa shape index (κ2) is 9.41. The maximum absolute atomic E-state index is 12.3. The molecule has 6 nitrogen and oxygen atoms in total. The summed E-state index contributed by atoms with van der Waals surface area (Å²) in [4.78, 5) is 17.0. The highest BCUT2D eigenvalue weighted by atomic mass is 16.5. The maximum atomic E-state index is 12.3. The van der Waals surface area contributed by atoms with Crippen LogP contribution in [-0.2, 0) is 19.9 Å². The first-order valence-electron chi connectivity index (χ1n) is 10.9. The zero-order chi connectivity index (χ0) is 22.7. The van der Waals surface area contributed by atoms with Gasteiger partial charge in [0.1, 0.15) is 11.5 Å². The third-order valence-electron chi connectivity index (χ3n) is 5.00. The van der Waals surface area contributed by atoms with E-state index in [9.17, 15) is 4.79 Å². The molecule has 3 heterocycles. The van der Waals surface area contributed by atoms with Crippen molar-refractivity contribution >= 4 is 5.78 Å². The summed E-state index contributed by atoms with van der Waals surface area (Å²) in [5, 5.41) is 0. The molecule has 6 heteroatoms. The van der Waals surface area contributed by atoms with E-state index in [0.29, 0.717) is 11.4 Å². The minimum atomic E-state index is -0.0125. The van der Waals surface area contributed by atoms with Gasteiger partial charge in [-0.15, -0.1) is 0 Å². The highest BCUT2D eigenvalue weighted by Crippen LogP contribution is 2.39. The fourth-order valence-corrected chi connectivity index (χ4v) is 3.81. The molecule has 1 aliphatic heterocycles. The lowest BCUT2D eigenvalue weighted by molar-refractivity contribution is 0.101. The summed E-state index contributed by atoms with van der Waals surface area (Å²) in [7, 11) is 3.63. The van der Waals surface area contributed by atoms with Gasteiger partial charge in [0, 0.05) is 38.0 Å². The third kappa shape index (κ3) is 4.53. The zero-order valence-corrected chi connectivity index (χ0v) is 19.7. The van der Waals surface area contributed by atoms with Crippen LogP contribution in [0.1, 0.15) is 62.8 Å². The van der Waals surface area contributed by atoms with Crippen molar-refractivity contribution < 1.29 is 14.3 Å². The molecule has 0 bridgehead atoms. The average Bonchev–Trinajstić information content (AvgIpc) is 3.31. The van der Waals surface area contributed by atoms with Crippen molar-refractivity contribution in [2.45, 2.75) is 60.0 Å². The lowest BCUT2D eigenvalue weighted by atomic mass is 9.99. The third-order valence-corrected chi connectivity index (χ3v) is 5.00. The molecule has 2 aromatic heterocycles. The van der Waals surface area contributed by atoms with Gasteiger partial charge >= 0.3 is 0 Å².